The van der Waals surface area contributed by atoms with Gasteiger partial charge < -0.3 is 14.2 Å². The summed E-state index contributed by atoms with van der Waals surface area (Å²) >= 11 is 1.24. The number of esters is 1. The van der Waals surface area contributed by atoms with Gasteiger partial charge in [-0.05, 0) is 80.1 Å². The molecule has 2 heterocycles. The molecule has 2 aromatic heterocycles. The molecule has 0 spiro atoms. The molecule has 3 aromatic carbocycles. The molecule has 1 amide bonds. The second-order valence-corrected chi connectivity index (χ2v) is 10.2. The van der Waals surface area contributed by atoms with Gasteiger partial charge in [0.25, 0.3) is 5.91 Å². The fourth-order valence-corrected chi connectivity index (χ4v) is 4.73. The van der Waals surface area contributed by atoms with Crippen LogP contribution >= 0.6 is 11.3 Å². The van der Waals surface area contributed by atoms with E-state index in [2.05, 4.69) is 15.5 Å². The normalized spacial score (nSPS) is 11.6. The Labute approximate surface area is 240 Å². The summed E-state index contributed by atoms with van der Waals surface area (Å²) in [7, 11) is 3.23. The van der Waals surface area contributed by atoms with Crippen molar-refractivity contribution in [2.75, 3.05) is 19.5 Å². The monoisotopic (exact) mass is 569 g/mol. The van der Waals surface area contributed by atoms with Gasteiger partial charge in [-0.25, -0.2) is 14.8 Å². The van der Waals surface area contributed by atoms with Crippen molar-refractivity contribution in [3.63, 3.8) is 0 Å². The van der Waals surface area contributed by atoms with Crippen LogP contribution in [-0.2, 0) is 9.53 Å². The lowest BCUT2D eigenvalue weighted by Gasteiger charge is -2.15. The van der Waals surface area contributed by atoms with E-state index in [0.717, 1.165) is 16.9 Å². The van der Waals surface area contributed by atoms with Crippen LogP contribution in [0.5, 0.6) is 11.5 Å². The summed E-state index contributed by atoms with van der Waals surface area (Å²) in [5.74, 6) is 0.335. The van der Waals surface area contributed by atoms with Gasteiger partial charge in [0.05, 0.1) is 42.2 Å². The van der Waals surface area contributed by atoms with Crippen molar-refractivity contribution in [1.82, 2.24) is 20.2 Å². The molecule has 5 rings (SSSR count). The van der Waals surface area contributed by atoms with E-state index < -0.39 is 18.0 Å². The number of rotatable bonds is 9. The molecule has 0 aliphatic rings. The Morgan fingerprint density at radius 1 is 0.829 bits per heavy atom. The molecule has 0 fully saturated rings. The van der Waals surface area contributed by atoms with Crippen molar-refractivity contribution in [3.05, 3.63) is 77.3 Å². The highest BCUT2D eigenvalue weighted by molar-refractivity contribution is 7.15. The van der Waals surface area contributed by atoms with E-state index >= 15 is 0 Å². The minimum Gasteiger partial charge on any atom is -0.497 e. The fourth-order valence-electron chi connectivity index (χ4n) is 4.13. The highest BCUT2D eigenvalue weighted by atomic mass is 32.1. The number of amides is 1. The largest absolute Gasteiger partial charge is 0.497 e. The number of fused-ring (bicyclic) bond motifs is 1. The third kappa shape index (κ3) is 6.15. The van der Waals surface area contributed by atoms with Gasteiger partial charge in [0.2, 0.25) is 5.13 Å². The Hall–Kier alpha value is -4.90. The number of carbonyl (C=O) groups excluding carboxylic acids is 2. The van der Waals surface area contributed by atoms with Gasteiger partial charge in [-0.2, -0.15) is 0 Å². The van der Waals surface area contributed by atoms with E-state index in [4.69, 9.17) is 24.2 Å². The minimum atomic E-state index is -0.999. The van der Waals surface area contributed by atoms with Gasteiger partial charge in [-0.1, -0.05) is 18.3 Å². The molecule has 1 N–H and O–H groups in total. The maximum Gasteiger partial charge on any atom is 0.338 e. The van der Waals surface area contributed by atoms with Crippen molar-refractivity contribution >= 4 is 39.4 Å². The zero-order valence-corrected chi connectivity index (χ0v) is 23.7. The minimum absolute atomic E-state index is 0.252. The Bertz CT molecular complexity index is 1700. The number of carbonyl (C=O) groups is 2. The molecule has 5 aromatic rings. The van der Waals surface area contributed by atoms with Crippen molar-refractivity contribution in [2.24, 2.45) is 0 Å². The second kappa shape index (κ2) is 12.1. The van der Waals surface area contributed by atoms with E-state index in [1.54, 1.807) is 46.3 Å². The summed E-state index contributed by atoms with van der Waals surface area (Å²) in [5, 5.41) is 11.5. The molecule has 208 valence electrons. The van der Waals surface area contributed by atoms with Crippen LogP contribution < -0.4 is 14.8 Å². The maximum absolute atomic E-state index is 13.1. The molecule has 0 bridgehead atoms. The molecule has 0 saturated carbocycles. The molecule has 0 radical (unpaired) electrons. The quantitative estimate of drug-likeness (QED) is 0.222. The Morgan fingerprint density at radius 2 is 1.41 bits per heavy atom. The molecule has 10 nitrogen and oxygen atoms in total. The SMILES string of the molecule is CCC(OC(=O)c1ccc2nc(-c3ccc(OC)cc3)c(-c3ccc(OC)cc3)nc2c1)C(=O)Nc1nnc(C)s1. The first-order chi connectivity index (χ1) is 19.9. The average Bonchev–Trinajstić information content (AvgIpc) is 3.42. The van der Waals surface area contributed by atoms with Crippen LogP contribution in [0.2, 0.25) is 0 Å². The number of anilines is 1. The van der Waals surface area contributed by atoms with Gasteiger partial charge in [0.1, 0.15) is 16.5 Å². The Balaban J connectivity index is 1.48. The number of nitrogens with one attached hydrogen (secondary N) is 1. The van der Waals surface area contributed by atoms with Crippen molar-refractivity contribution in [1.29, 1.82) is 0 Å². The topological polar surface area (TPSA) is 125 Å². The smallest absolute Gasteiger partial charge is 0.338 e. The van der Waals surface area contributed by atoms with Crippen molar-refractivity contribution in [2.45, 2.75) is 26.4 Å². The number of aryl methyl sites for hydroxylation is 1. The highest BCUT2D eigenvalue weighted by Crippen LogP contribution is 2.33. The predicted molar refractivity (Wildman–Crippen MR) is 156 cm³/mol. The first-order valence-corrected chi connectivity index (χ1v) is 13.6. The average molecular weight is 570 g/mol. The molecule has 0 saturated heterocycles. The molecular weight excluding hydrogens is 542 g/mol. The molecule has 1 atom stereocenters. The summed E-state index contributed by atoms with van der Waals surface area (Å²) in [5.41, 5.74) is 4.35. The van der Waals surface area contributed by atoms with Gasteiger partial charge >= 0.3 is 5.97 Å². The summed E-state index contributed by atoms with van der Waals surface area (Å²) < 4.78 is 16.2. The van der Waals surface area contributed by atoms with Crippen LogP contribution in [0, 0.1) is 6.92 Å². The molecular formula is C30H27N5O5S. The zero-order chi connectivity index (χ0) is 28.9. The first kappa shape index (κ1) is 27.7. The van der Waals surface area contributed by atoms with Gasteiger partial charge in [0, 0.05) is 11.1 Å². The summed E-state index contributed by atoms with van der Waals surface area (Å²) in [6.07, 6.45) is -0.712. The van der Waals surface area contributed by atoms with E-state index in [0.29, 0.717) is 38.3 Å². The van der Waals surface area contributed by atoms with Gasteiger partial charge in [0.15, 0.2) is 6.10 Å². The van der Waals surface area contributed by atoms with Crippen LogP contribution in [0.15, 0.2) is 66.7 Å². The van der Waals surface area contributed by atoms with Crippen LogP contribution in [0.25, 0.3) is 33.5 Å². The number of ether oxygens (including phenoxy) is 3. The third-order valence-corrected chi connectivity index (χ3v) is 7.05. The fraction of sp³-hybridized carbons (Fsp3) is 0.200. The van der Waals surface area contributed by atoms with Gasteiger partial charge in [-0.3, -0.25) is 10.1 Å². The second-order valence-electron chi connectivity index (χ2n) is 9.00. The lowest BCUT2D eigenvalue weighted by atomic mass is 10.0. The Morgan fingerprint density at radius 3 is 1.93 bits per heavy atom. The number of nitrogens with zero attached hydrogens (tertiary/aromatic N) is 4. The maximum atomic E-state index is 13.1. The predicted octanol–water partition coefficient (Wildman–Crippen LogP) is 5.72. The molecule has 0 aliphatic heterocycles. The van der Waals surface area contributed by atoms with Crippen molar-refractivity contribution < 1.29 is 23.8 Å². The molecule has 0 aliphatic carbocycles. The number of hydrogen-bond acceptors (Lipinski definition) is 10. The van der Waals surface area contributed by atoms with Crippen LogP contribution in [0.3, 0.4) is 0 Å². The lowest BCUT2D eigenvalue weighted by Crippen LogP contribution is -2.32. The number of benzene rings is 3. The molecule has 41 heavy (non-hydrogen) atoms. The van der Waals surface area contributed by atoms with E-state index in [-0.39, 0.29) is 12.0 Å². The zero-order valence-electron chi connectivity index (χ0n) is 22.9. The number of aromatic nitrogens is 4. The lowest BCUT2D eigenvalue weighted by molar-refractivity contribution is -0.124. The third-order valence-electron chi connectivity index (χ3n) is 6.30. The van der Waals surface area contributed by atoms with Crippen molar-refractivity contribution in [3.8, 4) is 34.0 Å². The summed E-state index contributed by atoms with van der Waals surface area (Å²) in [6, 6.07) is 20.0. The number of hydrogen-bond donors (Lipinski definition) is 1. The van der Waals surface area contributed by atoms with Crippen LogP contribution in [-0.4, -0.2) is 52.4 Å². The molecule has 1 unspecified atom stereocenters. The van der Waals surface area contributed by atoms with E-state index in [1.165, 1.54) is 11.3 Å². The van der Waals surface area contributed by atoms with Crippen LogP contribution in [0.4, 0.5) is 5.13 Å². The first-order valence-electron chi connectivity index (χ1n) is 12.8. The standard InChI is InChI=1S/C30H27N5O5S/c1-5-25(28(36)33-30-35-34-17(2)41-30)40-29(37)20-10-15-23-24(16-20)32-27(19-8-13-22(39-4)14-9-19)26(31-23)18-6-11-21(38-3)12-7-18/h6-16,25H,5H2,1-4H3,(H,33,35,36). The number of methoxy groups -OCH3 is 2. The summed E-state index contributed by atoms with van der Waals surface area (Å²) in [4.78, 5) is 35.6. The van der Waals surface area contributed by atoms with Crippen LogP contribution in [0.1, 0.15) is 28.7 Å². The van der Waals surface area contributed by atoms with E-state index in [1.807, 2.05) is 48.5 Å². The van der Waals surface area contributed by atoms with Gasteiger partial charge in [-0.15, -0.1) is 10.2 Å². The highest BCUT2D eigenvalue weighted by Gasteiger charge is 2.24. The van der Waals surface area contributed by atoms with E-state index in [9.17, 15) is 9.59 Å². The Kier molecular flexibility index (Phi) is 8.16. The summed E-state index contributed by atoms with van der Waals surface area (Å²) in [6.45, 7) is 3.55. The molecule has 11 heteroatoms.